The topological polar surface area (TPSA) is 54.0 Å². The predicted molar refractivity (Wildman–Crippen MR) is 179 cm³/mol. The molecule has 5 nitrogen and oxygen atoms in total. The number of hydrogen-bond acceptors (Lipinski definition) is 5. The summed E-state index contributed by atoms with van der Waals surface area (Å²) in [6.07, 6.45) is -0.149. The van der Waals surface area contributed by atoms with Crippen LogP contribution < -0.4 is 10.4 Å². The molecule has 0 bridgehead atoms. The first kappa shape index (κ1) is 33.3. The summed E-state index contributed by atoms with van der Waals surface area (Å²) in [5.74, 6) is -0.240. The molecule has 4 rings (SSSR count). The second-order valence-corrected chi connectivity index (χ2v) is 16.3. The van der Waals surface area contributed by atoms with Crippen LogP contribution in [0.3, 0.4) is 0 Å². The highest BCUT2D eigenvalue weighted by molar-refractivity contribution is 6.99. The fraction of sp³-hybridized carbons (Fsp3) is 0.342. The molecule has 0 radical (unpaired) electrons. The van der Waals surface area contributed by atoms with Crippen LogP contribution >= 0.6 is 0 Å². The third kappa shape index (κ3) is 8.99. The summed E-state index contributed by atoms with van der Waals surface area (Å²) in [4.78, 5) is 12.5. The first-order valence-electron chi connectivity index (χ1n) is 15.5. The molecule has 0 aliphatic rings. The third-order valence-electron chi connectivity index (χ3n) is 7.85. The van der Waals surface area contributed by atoms with Gasteiger partial charge in [0.15, 0.2) is 0 Å². The van der Waals surface area contributed by atoms with Crippen LogP contribution in [0, 0.1) is 0 Å². The van der Waals surface area contributed by atoms with Gasteiger partial charge in [0.05, 0.1) is 32.5 Å². The number of carbonyl (C=O) groups is 1. The maximum absolute atomic E-state index is 12.5. The van der Waals surface area contributed by atoms with Crippen molar-refractivity contribution in [1.29, 1.82) is 0 Å². The van der Waals surface area contributed by atoms with E-state index >= 15 is 0 Å². The Morgan fingerprint density at radius 1 is 0.659 bits per heavy atom. The third-order valence-corrected chi connectivity index (χ3v) is 12.9. The van der Waals surface area contributed by atoms with E-state index in [0.717, 1.165) is 11.1 Å². The standard InChI is InChI=1S/C38H46O5Si/c1-5-40-37(39)27-26-35(41-28-31-18-10-6-11-19-31)36(42-29-32-20-12-7-13-21-32)30-43-44(38(2,3)4,33-22-14-8-15-23-33)34-24-16-9-17-25-34/h6-25,35-36H,5,26-30H2,1-4H3/t35-,36+/m0/s1. The van der Waals surface area contributed by atoms with Crippen molar-refractivity contribution < 1.29 is 23.4 Å². The van der Waals surface area contributed by atoms with Gasteiger partial charge in [0.25, 0.3) is 8.32 Å². The van der Waals surface area contributed by atoms with E-state index in [-0.39, 0.29) is 17.4 Å². The summed E-state index contributed by atoms with van der Waals surface area (Å²) < 4.78 is 25.8. The highest BCUT2D eigenvalue weighted by Crippen LogP contribution is 2.37. The summed E-state index contributed by atoms with van der Waals surface area (Å²) in [5, 5.41) is 2.22. The van der Waals surface area contributed by atoms with Crippen molar-refractivity contribution in [1.82, 2.24) is 0 Å². The SMILES string of the molecule is CCOC(=O)CC[C@H](OCc1ccccc1)[C@@H](CO[Si](c1ccccc1)(c1ccccc1)C(C)(C)C)OCc1ccccc1. The Balaban J connectivity index is 1.70. The van der Waals surface area contributed by atoms with Crippen LogP contribution in [-0.2, 0) is 36.6 Å². The Kier molecular flexibility index (Phi) is 12.5. The summed E-state index contributed by atoms with van der Waals surface area (Å²) in [7, 11) is -2.84. The molecule has 0 heterocycles. The zero-order chi connectivity index (χ0) is 31.3. The Morgan fingerprint density at radius 2 is 1.09 bits per heavy atom. The monoisotopic (exact) mass is 610 g/mol. The number of carbonyl (C=O) groups excluding carboxylic acids is 1. The van der Waals surface area contributed by atoms with Crippen molar-refractivity contribution in [3.05, 3.63) is 132 Å². The number of esters is 1. The molecule has 6 heteroatoms. The van der Waals surface area contributed by atoms with Gasteiger partial charge in [-0.05, 0) is 39.9 Å². The molecule has 0 N–H and O–H groups in total. The van der Waals surface area contributed by atoms with Gasteiger partial charge in [-0.3, -0.25) is 4.79 Å². The summed E-state index contributed by atoms with van der Waals surface area (Å²) in [5.41, 5.74) is 2.12. The van der Waals surface area contributed by atoms with E-state index in [0.29, 0.717) is 32.8 Å². The summed E-state index contributed by atoms with van der Waals surface area (Å²) in [6, 6.07) is 41.4. The van der Waals surface area contributed by atoms with E-state index in [2.05, 4.69) is 81.4 Å². The van der Waals surface area contributed by atoms with Gasteiger partial charge in [0.1, 0.15) is 6.10 Å². The average molecular weight is 611 g/mol. The van der Waals surface area contributed by atoms with Gasteiger partial charge in [-0.2, -0.15) is 0 Å². The lowest BCUT2D eigenvalue weighted by molar-refractivity contribution is -0.146. The molecule has 2 atom stereocenters. The normalized spacial score (nSPS) is 13.3. The van der Waals surface area contributed by atoms with E-state index in [1.165, 1.54) is 10.4 Å². The Morgan fingerprint density at radius 3 is 1.52 bits per heavy atom. The lowest BCUT2D eigenvalue weighted by atomic mass is 10.1. The van der Waals surface area contributed by atoms with E-state index in [9.17, 15) is 4.79 Å². The second-order valence-electron chi connectivity index (χ2n) is 12.0. The zero-order valence-corrected chi connectivity index (χ0v) is 27.5. The van der Waals surface area contributed by atoms with Crippen molar-refractivity contribution in [2.24, 2.45) is 0 Å². The number of ether oxygens (including phenoxy) is 3. The van der Waals surface area contributed by atoms with Crippen LogP contribution in [0.5, 0.6) is 0 Å². The Hall–Kier alpha value is -3.55. The maximum Gasteiger partial charge on any atom is 0.305 e. The molecule has 0 unspecified atom stereocenters. The molecule has 0 spiro atoms. The van der Waals surface area contributed by atoms with Crippen LogP contribution in [0.25, 0.3) is 0 Å². The first-order chi connectivity index (χ1) is 21.3. The molecular weight excluding hydrogens is 564 g/mol. The van der Waals surface area contributed by atoms with Gasteiger partial charge >= 0.3 is 5.97 Å². The zero-order valence-electron chi connectivity index (χ0n) is 26.5. The number of benzene rings is 4. The van der Waals surface area contributed by atoms with Gasteiger partial charge in [-0.25, -0.2) is 0 Å². The van der Waals surface area contributed by atoms with E-state index in [4.69, 9.17) is 18.6 Å². The van der Waals surface area contributed by atoms with Crippen molar-refractivity contribution in [3.63, 3.8) is 0 Å². The molecule has 0 aliphatic heterocycles. The second kappa shape index (κ2) is 16.5. The minimum absolute atomic E-state index is 0.189. The molecule has 4 aromatic carbocycles. The molecule has 0 saturated carbocycles. The molecular formula is C38H46O5Si. The van der Waals surface area contributed by atoms with Gasteiger partial charge in [-0.15, -0.1) is 0 Å². The van der Waals surface area contributed by atoms with Crippen LogP contribution in [-0.4, -0.2) is 39.7 Å². The lowest BCUT2D eigenvalue weighted by Gasteiger charge is -2.44. The molecule has 0 aromatic heterocycles. The minimum atomic E-state index is -2.84. The van der Waals surface area contributed by atoms with Crippen molar-refractivity contribution in [2.75, 3.05) is 13.2 Å². The van der Waals surface area contributed by atoms with Gasteiger partial charge in [0.2, 0.25) is 0 Å². The van der Waals surface area contributed by atoms with Gasteiger partial charge in [0, 0.05) is 6.42 Å². The fourth-order valence-corrected chi connectivity index (χ4v) is 10.2. The minimum Gasteiger partial charge on any atom is -0.466 e. The molecule has 0 fully saturated rings. The van der Waals surface area contributed by atoms with E-state index in [1.54, 1.807) is 0 Å². The highest BCUT2D eigenvalue weighted by atomic mass is 28.4. The van der Waals surface area contributed by atoms with Crippen molar-refractivity contribution in [3.8, 4) is 0 Å². The number of hydrogen-bond donors (Lipinski definition) is 0. The lowest BCUT2D eigenvalue weighted by Crippen LogP contribution is -2.67. The largest absolute Gasteiger partial charge is 0.466 e. The molecule has 0 saturated heterocycles. The molecule has 0 aliphatic carbocycles. The van der Waals surface area contributed by atoms with E-state index in [1.807, 2.05) is 67.6 Å². The smallest absolute Gasteiger partial charge is 0.305 e. The Bertz CT molecular complexity index is 1340. The molecule has 44 heavy (non-hydrogen) atoms. The van der Waals surface area contributed by atoms with E-state index < -0.39 is 20.5 Å². The van der Waals surface area contributed by atoms with Crippen molar-refractivity contribution >= 4 is 24.7 Å². The van der Waals surface area contributed by atoms with Crippen LogP contribution in [0.2, 0.25) is 5.04 Å². The van der Waals surface area contributed by atoms with Crippen LogP contribution in [0.1, 0.15) is 51.7 Å². The van der Waals surface area contributed by atoms with Gasteiger partial charge < -0.3 is 18.6 Å². The number of rotatable bonds is 16. The Labute approximate surface area is 264 Å². The first-order valence-corrected chi connectivity index (χ1v) is 17.5. The average Bonchev–Trinajstić information content (AvgIpc) is 3.04. The fourth-order valence-electron chi connectivity index (χ4n) is 5.66. The summed E-state index contributed by atoms with van der Waals surface area (Å²) in [6.45, 7) is 10.1. The van der Waals surface area contributed by atoms with Gasteiger partial charge in [-0.1, -0.05) is 142 Å². The molecule has 4 aromatic rings. The van der Waals surface area contributed by atoms with Crippen LogP contribution in [0.4, 0.5) is 0 Å². The summed E-state index contributed by atoms with van der Waals surface area (Å²) >= 11 is 0. The van der Waals surface area contributed by atoms with Crippen LogP contribution in [0.15, 0.2) is 121 Å². The molecule has 0 amide bonds. The predicted octanol–water partition coefficient (Wildman–Crippen LogP) is 7.08. The van der Waals surface area contributed by atoms with Crippen molar-refractivity contribution in [2.45, 2.75) is 71.0 Å². The highest BCUT2D eigenvalue weighted by Gasteiger charge is 2.50. The maximum atomic E-state index is 12.5. The molecule has 232 valence electrons. The quantitative estimate of drug-likeness (QED) is 0.100.